The van der Waals surface area contributed by atoms with Crippen molar-refractivity contribution in [2.45, 2.75) is 64.1 Å². The third-order valence-electron chi connectivity index (χ3n) is 8.54. The minimum Gasteiger partial charge on any atom is -0.465 e. The molecule has 2 heterocycles. The summed E-state index contributed by atoms with van der Waals surface area (Å²) in [5.41, 5.74) is 3.89. The maximum atomic E-state index is 13.7. The number of hydrogen-bond acceptors (Lipinski definition) is 3. The molecule has 1 spiro atoms. The molecule has 3 fully saturated rings. The number of halogens is 1. The number of piperidine rings is 1. The van der Waals surface area contributed by atoms with Crippen molar-refractivity contribution in [3.8, 4) is 0 Å². The Morgan fingerprint density at radius 1 is 1.08 bits per heavy atom. The number of hydrogen-bond donors (Lipinski definition) is 1. The molecule has 36 heavy (non-hydrogen) atoms. The zero-order valence-electron chi connectivity index (χ0n) is 21.2. The van der Waals surface area contributed by atoms with Crippen LogP contribution in [0.1, 0.15) is 68.2 Å². The number of carboxylic acid groups (broad SMARTS) is 1. The summed E-state index contributed by atoms with van der Waals surface area (Å²) in [6, 6.07) is 16.7. The van der Waals surface area contributed by atoms with Crippen LogP contribution in [0.4, 0.5) is 4.79 Å². The van der Waals surface area contributed by atoms with Crippen LogP contribution < -0.4 is 0 Å². The molecule has 2 aromatic rings. The van der Waals surface area contributed by atoms with Crippen LogP contribution in [0.25, 0.3) is 0 Å². The highest BCUT2D eigenvalue weighted by Gasteiger charge is 2.52. The smallest absolute Gasteiger partial charge is 0.407 e. The Morgan fingerprint density at radius 3 is 2.39 bits per heavy atom. The van der Waals surface area contributed by atoms with E-state index in [1.807, 2.05) is 24.3 Å². The molecule has 2 amide bonds. The number of benzene rings is 2. The molecule has 1 saturated carbocycles. The lowest BCUT2D eigenvalue weighted by Crippen LogP contribution is -2.62. The first-order valence-electron chi connectivity index (χ1n) is 13.1. The standard InChI is InChI=1S/C29H36ClN3O3/c1-20(2)24-5-3-4-6-25(24)26-18-31(17-21-7-9-22(30)10-8-21)19-27(34)33(26)23-15-29(16-23)11-13-32(14-12-29)28(35)36/h3-10,20,23,26H,11-19H2,1-2H3,(H,35,36). The van der Waals surface area contributed by atoms with Gasteiger partial charge in [-0.2, -0.15) is 0 Å². The fraction of sp³-hybridized carbons (Fsp3) is 0.517. The zero-order valence-corrected chi connectivity index (χ0v) is 22.0. The van der Waals surface area contributed by atoms with Crippen LogP contribution in [0.15, 0.2) is 48.5 Å². The van der Waals surface area contributed by atoms with Crippen molar-refractivity contribution >= 4 is 23.6 Å². The van der Waals surface area contributed by atoms with Crippen LogP contribution in [-0.4, -0.2) is 64.0 Å². The van der Waals surface area contributed by atoms with E-state index < -0.39 is 6.09 Å². The average molecular weight is 510 g/mol. The molecule has 0 radical (unpaired) electrons. The summed E-state index contributed by atoms with van der Waals surface area (Å²) < 4.78 is 0. The molecule has 2 aromatic carbocycles. The monoisotopic (exact) mass is 509 g/mol. The molecule has 1 N–H and O–H groups in total. The Labute approximate surface area is 218 Å². The Balaban J connectivity index is 1.37. The quantitative estimate of drug-likeness (QED) is 0.555. The summed E-state index contributed by atoms with van der Waals surface area (Å²) >= 11 is 6.08. The van der Waals surface area contributed by atoms with Crippen LogP contribution in [0, 0.1) is 5.41 Å². The van der Waals surface area contributed by atoms with E-state index >= 15 is 0 Å². The van der Waals surface area contributed by atoms with Gasteiger partial charge in [0.1, 0.15) is 0 Å². The topological polar surface area (TPSA) is 64.1 Å². The second-order valence-corrected chi connectivity index (χ2v) is 11.7. The minimum absolute atomic E-state index is 0.0126. The Hall–Kier alpha value is -2.57. The molecule has 2 saturated heterocycles. The summed E-state index contributed by atoms with van der Waals surface area (Å²) in [5.74, 6) is 0.569. The van der Waals surface area contributed by atoms with E-state index in [2.05, 4.69) is 47.9 Å². The summed E-state index contributed by atoms with van der Waals surface area (Å²) in [4.78, 5) is 31.1. The van der Waals surface area contributed by atoms with Crippen molar-refractivity contribution in [2.24, 2.45) is 5.41 Å². The van der Waals surface area contributed by atoms with Crippen LogP contribution in [0.5, 0.6) is 0 Å². The van der Waals surface area contributed by atoms with Gasteiger partial charge in [-0.05, 0) is 65.8 Å². The number of amides is 2. The number of nitrogens with zero attached hydrogens (tertiary/aromatic N) is 3. The average Bonchev–Trinajstić information content (AvgIpc) is 2.84. The lowest BCUT2D eigenvalue weighted by Gasteiger charge is -2.58. The normalized spacial score (nSPS) is 22.8. The van der Waals surface area contributed by atoms with Crippen molar-refractivity contribution in [1.82, 2.24) is 14.7 Å². The van der Waals surface area contributed by atoms with E-state index in [1.54, 1.807) is 0 Å². The molecule has 0 bridgehead atoms. The van der Waals surface area contributed by atoms with Gasteiger partial charge in [0, 0.05) is 37.2 Å². The molecule has 1 atom stereocenters. The Kier molecular flexibility index (Phi) is 7.01. The molecule has 1 unspecified atom stereocenters. The number of carbonyl (C=O) groups is 2. The van der Waals surface area contributed by atoms with Gasteiger partial charge in [0.25, 0.3) is 0 Å². The predicted molar refractivity (Wildman–Crippen MR) is 141 cm³/mol. The van der Waals surface area contributed by atoms with Crippen molar-refractivity contribution in [2.75, 3.05) is 26.2 Å². The highest BCUT2D eigenvalue weighted by molar-refractivity contribution is 6.30. The lowest BCUT2D eigenvalue weighted by molar-refractivity contribution is -0.153. The summed E-state index contributed by atoms with van der Waals surface area (Å²) in [6.07, 6.45) is 2.92. The van der Waals surface area contributed by atoms with Crippen molar-refractivity contribution in [3.05, 3.63) is 70.2 Å². The molecule has 192 valence electrons. The number of likely N-dealkylation sites (tertiary alicyclic amines) is 1. The Bertz CT molecular complexity index is 1100. The van der Waals surface area contributed by atoms with Crippen LogP contribution in [0.2, 0.25) is 5.02 Å². The maximum absolute atomic E-state index is 13.7. The second kappa shape index (κ2) is 10.1. The van der Waals surface area contributed by atoms with Crippen molar-refractivity contribution in [1.29, 1.82) is 0 Å². The molecule has 3 aliphatic rings. The van der Waals surface area contributed by atoms with E-state index in [0.29, 0.717) is 25.6 Å². The second-order valence-electron chi connectivity index (χ2n) is 11.2. The molecule has 7 heteroatoms. The maximum Gasteiger partial charge on any atom is 0.407 e. The first-order valence-corrected chi connectivity index (χ1v) is 13.5. The van der Waals surface area contributed by atoms with Crippen LogP contribution >= 0.6 is 11.6 Å². The molecule has 1 aliphatic carbocycles. The summed E-state index contributed by atoms with van der Waals surface area (Å²) in [5, 5.41) is 10.0. The predicted octanol–water partition coefficient (Wildman–Crippen LogP) is 5.77. The SMILES string of the molecule is CC(C)c1ccccc1C1CN(Cc2ccc(Cl)cc2)CC(=O)N1C1CC2(CCN(C(=O)O)CC2)C1. The molecule has 2 aliphatic heterocycles. The number of carbonyl (C=O) groups excluding carboxylic acids is 1. The van der Waals surface area contributed by atoms with Gasteiger partial charge in [-0.15, -0.1) is 0 Å². The first kappa shape index (κ1) is 25.1. The van der Waals surface area contributed by atoms with Gasteiger partial charge in [0.2, 0.25) is 5.91 Å². The number of rotatable bonds is 5. The van der Waals surface area contributed by atoms with E-state index in [0.717, 1.165) is 49.4 Å². The Morgan fingerprint density at radius 2 is 1.75 bits per heavy atom. The van der Waals surface area contributed by atoms with Gasteiger partial charge in [-0.25, -0.2) is 4.79 Å². The summed E-state index contributed by atoms with van der Waals surface area (Å²) in [6.45, 7) is 7.57. The number of piperazine rings is 1. The third-order valence-corrected chi connectivity index (χ3v) is 8.79. The van der Waals surface area contributed by atoms with Crippen LogP contribution in [-0.2, 0) is 11.3 Å². The fourth-order valence-electron chi connectivity index (χ4n) is 6.58. The first-order chi connectivity index (χ1) is 17.2. The van der Waals surface area contributed by atoms with Gasteiger partial charge in [-0.1, -0.05) is 61.8 Å². The van der Waals surface area contributed by atoms with Gasteiger partial charge in [-0.3, -0.25) is 9.69 Å². The highest BCUT2D eigenvalue weighted by atomic mass is 35.5. The van der Waals surface area contributed by atoms with Gasteiger partial charge >= 0.3 is 6.09 Å². The van der Waals surface area contributed by atoms with E-state index in [-0.39, 0.29) is 23.4 Å². The van der Waals surface area contributed by atoms with Gasteiger partial charge in [0.05, 0.1) is 12.6 Å². The lowest BCUT2D eigenvalue weighted by atomic mass is 9.59. The minimum atomic E-state index is -0.821. The third kappa shape index (κ3) is 4.98. The van der Waals surface area contributed by atoms with Crippen LogP contribution in [0.3, 0.4) is 0 Å². The zero-order chi connectivity index (χ0) is 25.4. The van der Waals surface area contributed by atoms with Crippen molar-refractivity contribution < 1.29 is 14.7 Å². The van der Waals surface area contributed by atoms with E-state index in [4.69, 9.17) is 11.6 Å². The van der Waals surface area contributed by atoms with Gasteiger partial charge < -0.3 is 14.9 Å². The highest BCUT2D eigenvalue weighted by Crippen LogP contribution is 2.53. The molecule has 0 aromatic heterocycles. The molecule has 5 rings (SSSR count). The largest absolute Gasteiger partial charge is 0.465 e. The van der Waals surface area contributed by atoms with Crippen molar-refractivity contribution in [3.63, 3.8) is 0 Å². The molecular formula is C29H36ClN3O3. The molecular weight excluding hydrogens is 474 g/mol. The molecule has 6 nitrogen and oxygen atoms in total. The fourth-order valence-corrected chi connectivity index (χ4v) is 6.70. The summed E-state index contributed by atoms with van der Waals surface area (Å²) in [7, 11) is 0. The van der Waals surface area contributed by atoms with Gasteiger partial charge in [0.15, 0.2) is 0 Å². The van der Waals surface area contributed by atoms with E-state index in [1.165, 1.54) is 16.0 Å². The van der Waals surface area contributed by atoms with E-state index in [9.17, 15) is 14.7 Å².